The van der Waals surface area contributed by atoms with Gasteiger partial charge in [-0.25, -0.2) is 4.98 Å². The van der Waals surface area contributed by atoms with Gasteiger partial charge in [0.15, 0.2) is 0 Å². The fraction of sp³-hybridized carbons (Fsp3) is 0.273. The average molecular weight is 392 g/mol. The van der Waals surface area contributed by atoms with Crippen LogP contribution in [0.3, 0.4) is 0 Å². The maximum Gasteiger partial charge on any atom is 0.137 e. The summed E-state index contributed by atoms with van der Waals surface area (Å²) in [6, 6.07) is 10.2. The molecule has 2 N–H and O–H groups in total. The van der Waals surface area contributed by atoms with Crippen LogP contribution in [0.1, 0.15) is 25.0 Å². The molecule has 4 rings (SSSR count). The number of aliphatic imine (C=N–C) groups is 1. The summed E-state index contributed by atoms with van der Waals surface area (Å²) in [6.07, 6.45) is 7.81. The van der Waals surface area contributed by atoms with Gasteiger partial charge in [0.05, 0.1) is 23.3 Å². The molecular formula is C22H25N5S. The number of aromatic nitrogens is 2. The van der Waals surface area contributed by atoms with Gasteiger partial charge >= 0.3 is 0 Å². The predicted molar refractivity (Wildman–Crippen MR) is 119 cm³/mol. The summed E-state index contributed by atoms with van der Waals surface area (Å²) in [5.74, 6) is 0.490. The first-order valence-corrected chi connectivity index (χ1v) is 10.6. The highest BCUT2D eigenvalue weighted by atomic mass is 32.2. The van der Waals surface area contributed by atoms with Crippen LogP contribution >= 0.6 is 11.8 Å². The number of benzene rings is 1. The van der Waals surface area contributed by atoms with E-state index in [1.165, 1.54) is 19.3 Å². The first kappa shape index (κ1) is 18.8. The van der Waals surface area contributed by atoms with Crippen molar-refractivity contribution >= 4 is 35.5 Å². The van der Waals surface area contributed by atoms with E-state index < -0.39 is 0 Å². The molecule has 6 heteroatoms. The largest absolute Gasteiger partial charge is 0.370 e. The van der Waals surface area contributed by atoms with Gasteiger partial charge in [-0.1, -0.05) is 18.7 Å². The predicted octanol–water partition coefficient (Wildman–Crippen LogP) is 4.80. The molecule has 3 aromatic rings. The van der Waals surface area contributed by atoms with Gasteiger partial charge in [-0.15, -0.1) is 11.8 Å². The molecule has 0 radical (unpaired) electrons. The third-order valence-electron chi connectivity index (χ3n) is 5.24. The molecule has 0 amide bonds. The molecule has 1 aliphatic rings. The van der Waals surface area contributed by atoms with E-state index in [4.69, 9.17) is 5.73 Å². The van der Waals surface area contributed by atoms with Crippen LogP contribution in [-0.2, 0) is 0 Å². The van der Waals surface area contributed by atoms with Crippen molar-refractivity contribution in [1.29, 1.82) is 0 Å². The highest BCUT2D eigenvalue weighted by Crippen LogP contribution is 2.38. The first-order chi connectivity index (χ1) is 13.7. The molecule has 0 unspecified atom stereocenters. The number of hydrogen-bond acceptors (Lipinski definition) is 5. The molecule has 1 aliphatic heterocycles. The minimum absolute atomic E-state index is 0.490. The van der Waals surface area contributed by atoms with Crippen LogP contribution in [0.2, 0.25) is 0 Å². The number of thioether (sulfide) groups is 1. The minimum Gasteiger partial charge on any atom is -0.370 e. The van der Waals surface area contributed by atoms with Crippen molar-refractivity contribution in [2.75, 3.05) is 19.0 Å². The van der Waals surface area contributed by atoms with Crippen LogP contribution in [0.4, 0.5) is 5.69 Å². The molecule has 5 nitrogen and oxygen atoms in total. The Bertz CT molecular complexity index is 1020. The molecule has 0 bridgehead atoms. The molecule has 1 saturated heterocycles. The third kappa shape index (κ3) is 3.45. The van der Waals surface area contributed by atoms with Crippen LogP contribution in [0, 0.1) is 0 Å². The molecular weight excluding hydrogens is 366 g/mol. The van der Waals surface area contributed by atoms with Crippen LogP contribution in [0.5, 0.6) is 0 Å². The number of likely N-dealkylation sites (tertiary alicyclic amines) is 1. The van der Waals surface area contributed by atoms with E-state index in [0.717, 1.165) is 51.8 Å². The Morgan fingerprint density at radius 2 is 2.00 bits per heavy atom. The van der Waals surface area contributed by atoms with Gasteiger partial charge in [0.25, 0.3) is 0 Å². The van der Waals surface area contributed by atoms with Crippen LogP contribution in [0.15, 0.2) is 59.2 Å². The minimum atomic E-state index is 0.490. The van der Waals surface area contributed by atoms with Gasteiger partial charge in [0.2, 0.25) is 0 Å². The van der Waals surface area contributed by atoms with Crippen LogP contribution < -0.4 is 5.73 Å². The Balaban J connectivity index is 1.78. The summed E-state index contributed by atoms with van der Waals surface area (Å²) < 4.78 is 2.14. The monoisotopic (exact) mass is 391 g/mol. The first-order valence-electron chi connectivity index (χ1n) is 9.57. The zero-order chi connectivity index (χ0) is 19.5. The molecule has 28 heavy (non-hydrogen) atoms. The summed E-state index contributed by atoms with van der Waals surface area (Å²) in [4.78, 5) is 12.2. The normalized spacial score (nSPS) is 14.4. The Morgan fingerprint density at radius 1 is 1.18 bits per heavy atom. The number of pyridine rings is 1. The second-order valence-corrected chi connectivity index (χ2v) is 7.94. The molecule has 1 fully saturated rings. The smallest absolute Gasteiger partial charge is 0.137 e. The van der Waals surface area contributed by atoms with Crippen molar-refractivity contribution in [1.82, 2.24) is 14.3 Å². The quantitative estimate of drug-likeness (QED) is 0.373. The average Bonchev–Trinajstić information content (AvgIpc) is 3.17. The zero-order valence-corrected chi connectivity index (χ0v) is 16.8. The maximum atomic E-state index is 5.82. The van der Waals surface area contributed by atoms with Crippen LogP contribution in [-0.4, -0.2) is 40.0 Å². The molecule has 1 aromatic carbocycles. The van der Waals surface area contributed by atoms with E-state index in [1.54, 1.807) is 11.8 Å². The van der Waals surface area contributed by atoms with Gasteiger partial charge in [0.1, 0.15) is 5.65 Å². The van der Waals surface area contributed by atoms with E-state index in [2.05, 4.69) is 50.9 Å². The molecule has 3 heterocycles. The summed E-state index contributed by atoms with van der Waals surface area (Å²) in [5, 5.41) is 0. The molecule has 2 aromatic heterocycles. The summed E-state index contributed by atoms with van der Waals surface area (Å²) >= 11 is 1.58. The molecule has 144 valence electrons. The second kappa shape index (κ2) is 8.20. The Morgan fingerprint density at radius 3 is 2.75 bits per heavy atom. The topological polar surface area (TPSA) is 58.9 Å². The Hall–Kier alpha value is -2.57. The van der Waals surface area contributed by atoms with Gasteiger partial charge in [-0.3, -0.25) is 9.39 Å². The van der Waals surface area contributed by atoms with E-state index in [0.29, 0.717) is 5.88 Å². The number of rotatable bonds is 6. The molecule has 0 atom stereocenters. The van der Waals surface area contributed by atoms with Crippen molar-refractivity contribution in [3.05, 3.63) is 55.0 Å². The standard InChI is InChI=1S/C22H25N5S/c1-16(26-11-4-3-5-12-26)20-13-25-21-10-9-17(14-27(20)21)18-7-6-8-19(24-2)22(18)28-15-23/h6-10,13-14H,1-5,11-12,15,23H2. The lowest BCUT2D eigenvalue weighted by Crippen LogP contribution is -2.28. The highest BCUT2D eigenvalue weighted by molar-refractivity contribution is 7.99. The van der Waals surface area contributed by atoms with Gasteiger partial charge in [0, 0.05) is 30.1 Å². The molecule has 0 aliphatic carbocycles. The van der Waals surface area contributed by atoms with Gasteiger partial charge in [-0.05, 0) is 55.3 Å². The molecule has 0 saturated carbocycles. The van der Waals surface area contributed by atoms with E-state index >= 15 is 0 Å². The Kier molecular flexibility index (Phi) is 5.50. The lowest BCUT2D eigenvalue weighted by molar-refractivity contribution is 0.325. The Labute approximate surface area is 170 Å². The number of hydrogen-bond donors (Lipinski definition) is 1. The van der Waals surface area contributed by atoms with Gasteiger partial charge in [-0.2, -0.15) is 0 Å². The summed E-state index contributed by atoms with van der Waals surface area (Å²) in [6.45, 7) is 10.2. The van der Waals surface area contributed by atoms with Crippen LogP contribution in [0.25, 0.3) is 22.5 Å². The number of fused-ring (bicyclic) bond motifs is 1. The van der Waals surface area contributed by atoms with Crippen molar-refractivity contribution in [3.63, 3.8) is 0 Å². The zero-order valence-electron chi connectivity index (χ0n) is 16.0. The van der Waals surface area contributed by atoms with E-state index in [9.17, 15) is 0 Å². The third-order valence-corrected chi connectivity index (χ3v) is 6.13. The lowest BCUT2D eigenvalue weighted by Gasteiger charge is -2.30. The van der Waals surface area contributed by atoms with E-state index in [-0.39, 0.29) is 0 Å². The number of imidazole rings is 1. The fourth-order valence-electron chi connectivity index (χ4n) is 3.79. The van der Waals surface area contributed by atoms with Crippen molar-refractivity contribution in [2.24, 2.45) is 10.7 Å². The summed E-state index contributed by atoms with van der Waals surface area (Å²) in [5.41, 5.74) is 11.9. The van der Waals surface area contributed by atoms with E-state index in [1.807, 2.05) is 24.4 Å². The molecule has 0 spiro atoms. The number of piperidine rings is 1. The summed E-state index contributed by atoms with van der Waals surface area (Å²) in [7, 11) is 0. The van der Waals surface area contributed by atoms with Crippen molar-refractivity contribution in [2.45, 2.75) is 24.2 Å². The highest BCUT2D eigenvalue weighted by Gasteiger charge is 2.17. The lowest BCUT2D eigenvalue weighted by atomic mass is 10.1. The maximum absolute atomic E-state index is 5.82. The number of nitrogens with two attached hydrogens (primary N) is 1. The SMILES string of the molecule is C=Nc1cccc(-c2ccc3ncc(C(=C)N4CCCCC4)n3c2)c1SCN. The van der Waals surface area contributed by atoms with Crippen molar-refractivity contribution in [3.8, 4) is 11.1 Å². The van der Waals surface area contributed by atoms with Gasteiger partial charge < -0.3 is 10.6 Å². The second-order valence-electron chi connectivity index (χ2n) is 6.91. The van der Waals surface area contributed by atoms with Crippen molar-refractivity contribution < 1.29 is 0 Å². The fourth-order valence-corrected chi connectivity index (χ4v) is 4.58. The number of nitrogens with zero attached hydrogens (tertiary/aromatic N) is 4.